The van der Waals surface area contributed by atoms with E-state index in [2.05, 4.69) is 4.74 Å². The van der Waals surface area contributed by atoms with Crippen LogP contribution in [-0.2, 0) is 11.3 Å². The molecule has 14 heteroatoms. The molecule has 1 aromatic heterocycles. The lowest BCUT2D eigenvalue weighted by Crippen LogP contribution is -2.62. The number of aliphatic hydroxyl groups is 1. The Labute approximate surface area is 195 Å². The molecule has 34 heavy (non-hydrogen) atoms. The van der Waals surface area contributed by atoms with Crippen LogP contribution in [0.1, 0.15) is 0 Å². The van der Waals surface area contributed by atoms with Gasteiger partial charge in [0.05, 0.1) is 19.3 Å². The molecular weight excluding hydrogens is 528 g/mol. The summed E-state index contributed by atoms with van der Waals surface area (Å²) in [6.07, 6.45) is -8.54. The zero-order chi connectivity index (χ0) is 25.7. The molecule has 1 heterocycles. The van der Waals surface area contributed by atoms with Gasteiger partial charge < -0.3 is 14.4 Å². The molecule has 0 radical (unpaired) electrons. The van der Waals surface area contributed by atoms with E-state index in [9.17, 15) is 44.6 Å². The zero-order valence-corrected chi connectivity index (χ0v) is 18.1. The van der Waals surface area contributed by atoms with Gasteiger partial charge in [-0.25, -0.2) is 0 Å². The van der Waals surface area contributed by atoms with Gasteiger partial charge in [-0.05, 0) is 36.4 Å². The maximum atomic E-state index is 13.6. The lowest BCUT2D eigenvalue weighted by Gasteiger charge is -2.33. The molecule has 3 nitrogen and oxygen atoms in total. The van der Waals surface area contributed by atoms with Gasteiger partial charge in [0.25, 0.3) is 0 Å². The fourth-order valence-electron chi connectivity index (χ4n) is 3.33. The van der Waals surface area contributed by atoms with Gasteiger partial charge in [0, 0.05) is 31.9 Å². The van der Waals surface area contributed by atoms with Crippen molar-refractivity contribution in [1.29, 1.82) is 0 Å². The molecule has 0 spiro atoms. The minimum Gasteiger partial charge on any atom is -0.389 e. The summed E-state index contributed by atoms with van der Waals surface area (Å²) in [4.78, 5) is 0. The molecule has 0 aliphatic heterocycles. The van der Waals surface area contributed by atoms with Crippen molar-refractivity contribution in [3.63, 3.8) is 0 Å². The maximum absolute atomic E-state index is 13.6. The molecule has 0 aliphatic rings. The average molecular weight is 542 g/mol. The third-order valence-corrected chi connectivity index (χ3v) is 5.46. The topological polar surface area (TPSA) is 34.4 Å². The SMILES string of the molecule is OC(COCC(F)(F)C(F)(F)C(F)(F)C(F)(F)F)Cn1c2ccc(Cl)cc2c2cc(Cl)ccc21. The normalized spacial score (nSPS) is 14.8. The largest absolute Gasteiger partial charge is 0.460 e. The summed E-state index contributed by atoms with van der Waals surface area (Å²) in [5, 5.41) is 12.2. The van der Waals surface area contributed by atoms with Crippen LogP contribution in [0.5, 0.6) is 0 Å². The minimum absolute atomic E-state index is 0.329. The fourth-order valence-corrected chi connectivity index (χ4v) is 3.67. The Hall–Kier alpha value is -1.89. The molecule has 188 valence electrons. The molecule has 0 amide bonds. The van der Waals surface area contributed by atoms with Crippen molar-refractivity contribution in [2.45, 2.75) is 36.6 Å². The number of halogens is 11. The Morgan fingerprint density at radius 2 is 1.26 bits per heavy atom. The smallest absolute Gasteiger partial charge is 0.389 e. The van der Waals surface area contributed by atoms with E-state index < -0.39 is 43.3 Å². The Morgan fingerprint density at radius 3 is 1.71 bits per heavy atom. The first kappa shape index (κ1) is 26.7. The van der Waals surface area contributed by atoms with Crippen molar-refractivity contribution in [2.24, 2.45) is 0 Å². The Bertz CT molecular complexity index is 1130. The summed E-state index contributed by atoms with van der Waals surface area (Å²) in [7, 11) is 0. The quantitative estimate of drug-likeness (QED) is 0.313. The molecule has 3 aromatic rings. The van der Waals surface area contributed by atoms with E-state index in [0.29, 0.717) is 31.9 Å². The van der Waals surface area contributed by atoms with E-state index in [1.54, 1.807) is 24.3 Å². The molecule has 3 rings (SSSR count). The summed E-state index contributed by atoms with van der Waals surface area (Å²) in [6.45, 7) is -3.88. The Kier molecular flexibility index (Phi) is 7.04. The molecule has 0 aliphatic carbocycles. The van der Waals surface area contributed by atoms with E-state index in [-0.39, 0.29) is 6.54 Å². The number of hydrogen-bond donors (Lipinski definition) is 1. The van der Waals surface area contributed by atoms with Crippen molar-refractivity contribution in [3.8, 4) is 0 Å². The van der Waals surface area contributed by atoms with Gasteiger partial charge in [-0.2, -0.15) is 39.5 Å². The molecule has 0 saturated carbocycles. The van der Waals surface area contributed by atoms with E-state index in [1.807, 2.05) is 0 Å². The van der Waals surface area contributed by atoms with E-state index in [4.69, 9.17) is 23.2 Å². The van der Waals surface area contributed by atoms with Crippen LogP contribution in [0.15, 0.2) is 36.4 Å². The molecule has 0 bridgehead atoms. The first-order chi connectivity index (χ1) is 15.5. The number of ether oxygens (including phenoxy) is 1. The minimum atomic E-state index is -7.00. The van der Waals surface area contributed by atoms with E-state index in [1.165, 1.54) is 16.7 Å². The number of fused-ring (bicyclic) bond motifs is 3. The van der Waals surface area contributed by atoms with Gasteiger partial charge in [-0.1, -0.05) is 23.2 Å². The second kappa shape index (κ2) is 8.96. The first-order valence-electron chi connectivity index (χ1n) is 9.32. The fraction of sp³-hybridized carbons (Fsp3) is 0.400. The van der Waals surface area contributed by atoms with Gasteiger partial charge >= 0.3 is 23.9 Å². The molecule has 2 aromatic carbocycles. The van der Waals surface area contributed by atoms with Crippen molar-refractivity contribution < 1.29 is 49.4 Å². The highest BCUT2D eigenvalue weighted by Gasteiger charge is 2.81. The van der Waals surface area contributed by atoms with Crippen LogP contribution in [-0.4, -0.2) is 52.9 Å². The van der Waals surface area contributed by atoms with Crippen LogP contribution in [0.25, 0.3) is 21.8 Å². The molecule has 1 unspecified atom stereocenters. The highest BCUT2D eigenvalue weighted by atomic mass is 35.5. The van der Waals surface area contributed by atoms with Gasteiger partial charge in [0.15, 0.2) is 0 Å². The highest BCUT2D eigenvalue weighted by molar-refractivity contribution is 6.33. The molecular formula is C20H14Cl2F9NO2. The van der Waals surface area contributed by atoms with Crippen LogP contribution in [0.2, 0.25) is 10.0 Å². The summed E-state index contributed by atoms with van der Waals surface area (Å²) < 4.78 is 122. The number of nitrogens with zero attached hydrogens (tertiary/aromatic N) is 1. The molecule has 0 saturated heterocycles. The third kappa shape index (κ3) is 4.65. The van der Waals surface area contributed by atoms with Gasteiger partial charge in [0.2, 0.25) is 0 Å². The van der Waals surface area contributed by atoms with Crippen LogP contribution in [0.3, 0.4) is 0 Å². The Balaban J connectivity index is 1.76. The maximum Gasteiger partial charge on any atom is 0.460 e. The van der Waals surface area contributed by atoms with Gasteiger partial charge in [-0.3, -0.25) is 0 Å². The zero-order valence-electron chi connectivity index (χ0n) is 16.6. The monoisotopic (exact) mass is 541 g/mol. The number of benzene rings is 2. The van der Waals surface area contributed by atoms with E-state index >= 15 is 0 Å². The van der Waals surface area contributed by atoms with Crippen molar-refractivity contribution >= 4 is 45.0 Å². The summed E-state index contributed by atoms with van der Waals surface area (Å²) in [5.74, 6) is -19.7. The number of rotatable bonds is 8. The lowest BCUT2D eigenvalue weighted by molar-refractivity contribution is -0.400. The predicted octanol–water partition coefficient (Wildman–Crippen LogP) is 6.95. The average Bonchev–Trinajstić information content (AvgIpc) is 2.98. The van der Waals surface area contributed by atoms with E-state index in [0.717, 1.165) is 0 Å². The van der Waals surface area contributed by atoms with Crippen LogP contribution in [0, 0.1) is 0 Å². The number of aliphatic hydroxyl groups excluding tert-OH is 1. The van der Waals surface area contributed by atoms with Crippen molar-refractivity contribution in [3.05, 3.63) is 46.4 Å². The standard InChI is InChI=1S/C20H14Cl2F9NO2/c21-10-1-3-15-13(5-10)14-6-11(22)2-4-16(14)32(15)7-12(33)8-34-9-17(23,24)18(25,26)19(27,28)20(29,30)31/h1-6,12,33H,7-9H2. The van der Waals surface area contributed by atoms with Crippen LogP contribution < -0.4 is 0 Å². The Morgan fingerprint density at radius 1 is 0.794 bits per heavy atom. The lowest BCUT2D eigenvalue weighted by atomic mass is 10.0. The second-order valence-electron chi connectivity index (χ2n) is 7.45. The summed E-state index contributed by atoms with van der Waals surface area (Å²) in [5.41, 5.74) is 1.06. The second-order valence-corrected chi connectivity index (χ2v) is 8.33. The molecule has 0 fully saturated rings. The van der Waals surface area contributed by atoms with Crippen LogP contribution in [0.4, 0.5) is 39.5 Å². The first-order valence-corrected chi connectivity index (χ1v) is 10.1. The van der Waals surface area contributed by atoms with Crippen molar-refractivity contribution in [2.75, 3.05) is 13.2 Å². The van der Waals surface area contributed by atoms with Gasteiger partial charge in [-0.15, -0.1) is 0 Å². The molecule has 1 atom stereocenters. The van der Waals surface area contributed by atoms with Crippen LogP contribution >= 0.6 is 23.2 Å². The summed E-state index contributed by atoms with van der Waals surface area (Å²) >= 11 is 12.0. The number of hydrogen-bond acceptors (Lipinski definition) is 2. The predicted molar refractivity (Wildman–Crippen MR) is 107 cm³/mol. The molecule has 1 N–H and O–H groups in total. The van der Waals surface area contributed by atoms with Crippen molar-refractivity contribution in [1.82, 2.24) is 4.57 Å². The number of alkyl halides is 9. The summed E-state index contributed by atoms with van der Waals surface area (Å²) in [6, 6.07) is 9.47. The third-order valence-electron chi connectivity index (χ3n) is 4.99. The highest BCUT2D eigenvalue weighted by Crippen LogP contribution is 2.53. The van der Waals surface area contributed by atoms with Gasteiger partial charge in [0.1, 0.15) is 6.61 Å². The number of aromatic nitrogens is 1.